The van der Waals surface area contributed by atoms with Crippen LogP contribution in [0, 0.1) is 5.92 Å². The maximum atomic E-state index is 10.4. The molecule has 1 aliphatic rings. The molecule has 2 atom stereocenters. The lowest BCUT2D eigenvalue weighted by atomic mass is 9.88. The maximum absolute atomic E-state index is 10.4. The fourth-order valence-electron chi connectivity index (χ4n) is 3.80. The summed E-state index contributed by atoms with van der Waals surface area (Å²) in [6.45, 7) is 8.44. The fourth-order valence-corrected chi connectivity index (χ4v) is 3.80. The van der Waals surface area contributed by atoms with Gasteiger partial charge < -0.3 is 14.7 Å². The van der Waals surface area contributed by atoms with Crippen molar-refractivity contribution in [3.05, 3.63) is 29.8 Å². The Hall–Kier alpha value is -1.06. The third-order valence-electron chi connectivity index (χ3n) is 5.28. The summed E-state index contributed by atoms with van der Waals surface area (Å²) in [6, 6.07) is 8.39. The molecule has 1 aromatic carbocycles. The highest BCUT2D eigenvalue weighted by Gasteiger charge is 2.28. The number of aliphatic hydroxyl groups excluding tert-OH is 1. The molecule has 0 aromatic heterocycles. The first kappa shape index (κ1) is 20.3. The van der Waals surface area contributed by atoms with Crippen molar-refractivity contribution >= 4 is 0 Å². The van der Waals surface area contributed by atoms with Crippen LogP contribution in [-0.4, -0.2) is 42.4 Å². The Morgan fingerprint density at radius 1 is 1.08 bits per heavy atom. The van der Waals surface area contributed by atoms with Crippen molar-refractivity contribution < 1.29 is 9.84 Å². The Kier molecular flexibility index (Phi) is 9.35. The van der Waals surface area contributed by atoms with Crippen LogP contribution in [0.2, 0.25) is 0 Å². The highest BCUT2D eigenvalue weighted by molar-refractivity contribution is 5.33. The summed E-state index contributed by atoms with van der Waals surface area (Å²) < 4.78 is 6.07. The molecule has 0 amide bonds. The van der Waals surface area contributed by atoms with Crippen LogP contribution in [0.1, 0.15) is 64.4 Å². The number of rotatable bonds is 11. The van der Waals surface area contributed by atoms with Crippen molar-refractivity contribution in [2.45, 2.75) is 71.3 Å². The molecule has 142 valence electrons. The van der Waals surface area contributed by atoms with E-state index < -0.39 is 0 Å². The molecule has 1 N–H and O–H groups in total. The van der Waals surface area contributed by atoms with E-state index in [0.29, 0.717) is 5.92 Å². The molecule has 1 aliphatic heterocycles. The second-order valence-electron chi connectivity index (χ2n) is 7.49. The molecule has 0 bridgehead atoms. The number of aliphatic hydroxyl groups is 1. The Morgan fingerprint density at radius 2 is 1.88 bits per heavy atom. The lowest BCUT2D eigenvalue weighted by Crippen LogP contribution is -2.44. The van der Waals surface area contributed by atoms with Crippen LogP contribution in [0.15, 0.2) is 24.3 Å². The molecule has 3 nitrogen and oxygen atoms in total. The Balaban J connectivity index is 1.86. The predicted octanol–water partition coefficient (Wildman–Crippen LogP) is 4.67. The number of benzene rings is 1. The number of para-hydroxylation sites is 1. The molecule has 1 aromatic rings. The third-order valence-corrected chi connectivity index (χ3v) is 5.28. The number of piperidine rings is 1. The number of hydrogen-bond acceptors (Lipinski definition) is 3. The topological polar surface area (TPSA) is 32.7 Å². The summed E-state index contributed by atoms with van der Waals surface area (Å²) in [5.74, 6) is 1.33. The third kappa shape index (κ3) is 6.99. The summed E-state index contributed by atoms with van der Waals surface area (Å²) in [6.07, 6.45) is 9.10. The number of ether oxygens (including phenoxy) is 1. The largest absolute Gasteiger partial charge is 0.493 e. The van der Waals surface area contributed by atoms with Crippen molar-refractivity contribution in [3.63, 3.8) is 0 Å². The molecule has 3 heteroatoms. The second-order valence-corrected chi connectivity index (χ2v) is 7.49. The van der Waals surface area contributed by atoms with Crippen molar-refractivity contribution in [2.75, 3.05) is 26.2 Å². The van der Waals surface area contributed by atoms with Gasteiger partial charge in [-0.05, 0) is 43.9 Å². The molecule has 0 aliphatic carbocycles. The van der Waals surface area contributed by atoms with Crippen LogP contribution >= 0.6 is 0 Å². The minimum atomic E-state index is -0.185. The van der Waals surface area contributed by atoms with E-state index >= 15 is 0 Å². The summed E-state index contributed by atoms with van der Waals surface area (Å²) in [5, 5.41) is 10.4. The van der Waals surface area contributed by atoms with Gasteiger partial charge in [0, 0.05) is 19.0 Å². The second kappa shape index (κ2) is 11.5. The van der Waals surface area contributed by atoms with Gasteiger partial charge in [-0.15, -0.1) is 0 Å². The summed E-state index contributed by atoms with van der Waals surface area (Å²) in [5.41, 5.74) is 1.25. The first-order chi connectivity index (χ1) is 12.2. The number of likely N-dealkylation sites (tertiary alicyclic amines) is 1. The first-order valence-electron chi connectivity index (χ1n) is 10.4. The zero-order valence-corrected chi connectivity index (χ0v) is 16.3. The standard InChI is InChI=1S/C22H37NO2/c1-3-5-6-7-10-16-25-22-12-9-8-11-19(22)17-20-18-23(14-4-2)15-13-21(20)24/h8-9,11-12,20-21,24H,3-7,10,13-18H2,1-2H3. The van der Waals surface area contributed by atoms with Gasteiger partial charge in [-0.1, -0.05) is 57.7 Å². The van der Waals surface area contributed by atoms with Crippen LogP contribution in [0.25, 0.3) is 0 Å². The normalized spacial score (nSPS) is 21.4. The summed E-state index contributed by atoms with van der Waals surface area (Å²) >= 11 is 0. The Labute approximate surface area is 154 Å². The van der Waals surface area contributed by atoms with Crippen molar-refractivity contribution in [2.24, 2.45) is 5.92 Å². The van der Waals surface area contributed by atoms with Crippen molar-refractivity contribution in [1.29, 1.82) is 0 Å². The number of hydrogen-bond donors (Lipinski definition) is 1. The van der Waals surface area contributed by atoms with Crippen LogP contribution < -0.4 is 4.74 Å². The average molecular weight is 348 g/mol. The van der Waals surface area contributed by atoms with Gasteiger partial charge in [0.15, 0.2) is 0 Å². The van der Waals surface area contributed by atoms with Gasteiger partial charge >= 0.3 is 0 Å². The van der Waals surface area contributed by atoms with Crippen molar-refractivity contribution in [1.82, 2.24) is 4.90 Å². The zero-order valence-electron chi connectivity index (χ0n) is 16.3. The summed E-state index contributed by atoms with van der Waals surface area (Å²) in [7, 11) is 0. The van der Waals surface area contributed by atoms with E-state index in [-0.39, 0.29) is 6.10 Å². The van der Waals surface area contributed by atoms with E-state index in [0.717, 1.165) is 51.3 Å². The molecule has 2 unspecified atom stereocenters. The molecule has 2 rings (SSSR count). The maximum Gasteiger partial charge on any atom is 0.122 e. The molecular weight excluding hydrogens is 310 g/mol. The zero-order chi connectivity index (χ0) is 17.9. The van der Waals surface area contributed by atoms with E-state index in [4.69, 9.17) is 4.74 Å². The lowest BCUT2D eigenvalue weighted by molar-refractivity contribution is 0.0268. The quantitative estimate of drug-likeness (QED) is 0.590. The smallest absolute Gasteiger partial charge is 0.122 e. The van der Waals surface area contributed by atoms with Gasteiger partial charge in [0.25, 0.3) is 0 Å². The Morgan fingerprint density at radius 3 is 2.68 bits per heavy atom. The van der Waals surface area contributed by atoms with E-state index in [1.165, 1.54) is 37.7 Å². The fraction of sp³-hybridized carbons (Fsp3) is 0.727. The van der Waals surface area contributed by atoms with Gasteiger partial charge in [-0.25, -0.2) is 0 Å². The SMILES string of the molecule is CCCCCCCOc1ccccc1CC1CN(CCC)CCC1O. The van der Waals surface area contributed by atoms with Gasteiger partial charge in [0.1, 0.15) is 5.75 Å². The van der Waals surface area contributed by atoms with Crippen molar-refractivity contribution in [3.8, 4) is 5.75 Å². The number of nitrogens with zero attached hydrogens (tertiary/aromatic N) is 1. The van der Waals surface area contributed by atoms with Gasteiger partial charge in [-0.2, -0.15) is 0 Å². The molecule has 25 heavy (non-hydrogen) atoms. The Bertz CT molecular complexity index is 477. The molecule has 0 radical (unpaired) electrons. The van der Waals surface area contributed by atoms with Crippen LogP contribution in [-0.2, 0) is 6.42 Å². The lowest BCUT2D eigenvalue weighted by Gasteiger charge is -2.36. The molecular formula is C22H37NO2. The average Bonchev–Trinajstić information content (AvgIpc) is 2.62. The molecule has 1 heterocycles. The van der Waals surface area contributed by atoms with Crippen LogP contribution in [0.5, 0.6) is 5.75 Å². The van der Waals surface area contributed by atoms with E-state index in [1.54, 1.807) is 0 Å². The number of unbranched alkanes of at least 4 members (excludes halogenated alkanes) is 4. The molecule has 1 saturated heterocycles. The highest BCUT2D eigenvalue weighted by Crippen LogP contribution is 2.27. The van der Waals surface area contributed by atoms with Crippen LogP contribution in [0.3, 0.4) is 0 Å². The van der Waals surface area contributed by atoms with Gasteiger partial charge in [0.05, 0.1) is 12.7 Å². The molecule has 0 spiro atoms. The molecule has 1 fully saturated rings. The van der Waals surface area contributed by atoms with E-state index in [1.807, 2.05) is 0 Å². The van der Waals surface area contributed by atoms with Crippen LogP contribution in [0.4, 0.5) is 0 Å². The van der Waals surface area contributed by atoms with Gasteiger partial charge in [-0.3, -0.25) is 0 Å². The van der Waals surface area contributed by atoms with Gasteiger partial charge in [0.2, 0.25) is 0 Å². The first-order valence-corrected chi connectivity index (χ1v) is 10.4. The van der Waals surface area contributed by atoms with E-state index in [9.17, 15) is 5.11 Å². The predicted molar refractivity (Wildman–Crippen MR) is 105 cm³/mol. The monoisotopic (exact) mass is 347 g/mol. The van der Waals surface area contributed by atoms with E-state index in [2.05, 4.69) is 43.0 Å². The minimum Gasteiger partial charge on any atom is -0.493 e. The minimum absolute atomic E-state index is 0.185. The highest BCUT2D eigenvalue weighted by atomic mass is 16.5. The molecule has 0 saturated carbocycles. The summed E-state index contributed by atoms with van der Waals surface area (Å²) in [4.78, 5) is 2.49.